The molecule has 0 bridgehead atoms. The number of aromatic nitrogens is 2. The van der Waals surface area contributed by atoms with Gasteiger partial charge in [-0.2, -0.15) is 5.10 Å². The number of nitrogens with zero attached hydrogens (tertiary/aromatic N) is 6. The van der Waals surface area contributed by atoms with Crippen molar-refractivity contribution < 1.29 is 19.1 Å². The van der Waals surface area contributed by atoms with Gasteiger partial charge in [0, 0.05) is 88.5 Å². The Morgan fingerprint density at radius 3 is 2.40 bits per heavy atom. The number of anilines is 1. The van der Waals surface area contributed by atoms with Crippen molar-refractivity contribution >= 4 is 34.6 Å². The molecule has 0 unspecified atom stereocenters. The number of nitrogens with one attached hydrogen (secondary N) is 2. The van der Waals surface area contributed by atoms with E-state index in [0.717, 1.165) is 78.7 Å². The molecule has 12 nitrogen and oxygen atoms in total. The quantitative estimate of drug-likeness (QED) is 0.416. The maximum atomic E-state index is 14.1. The summed E-state index contributed by atoms with van der Waals surface area (Å²) in [4.78, 5) is 51.3. The van der Waals surface area contributed by atoms with Gasteiger partial charge in [0.05, 0.1) is 11.7 Å². The van der Waals surface area contributed by atoms with E-state index in [4.69, 9.17) is 4.74 Å². The van der Waals surface area contributed by atoms with Crippen molar-refractivity contribution in [1.29, 1.82) is 0 Å². The van der Waals surface area contributed by atoms with E-state index in [0.29, 0.717) is 58.0 Å². The van der Waals surface area contributed by atoms with Crippen LogP contribution < -0.4 is 5.32 Å². The van der Waals surface area contributed by atoms with Gasteiger partial charge in [0.1, 0.15) is 0 Å². The fraction of sp³-hybridized carbons (Fsp3) is 0.556. The normalized spacial score (nSPS) is 21.1. The number of amides is 4. The van der Waals surface area contributed by atoms with Crippen molar-refractivity contribution in [2.24, 2.45) is 0 Å². The van der Waals surface area contributed by atoms with Crippen molar-refractivity contribution in [3.05, 3.63) is 59.3 Å². The molecule has 3 aromatic rings. The molecule has 0 aliphatic carbocycles. The van der Waals surface area contributed by atoms with Crippen LogP contribution in [0.4, 0.5) is 15.3 Å². The van der Waals surface area contributed by atoms with Gasteiger partial charge in [-0.05, 0) is 74.9 Å². The highest BCUT2D eigenvalue weighted by molar-refractivity contribution is 5.91. The zero-order valence-corrected chi connectivity index (χ0v) is 28.2. The predicted molar refractivity (Wildman–Crippen MR) is 184 cm³/mol. The number of likely N-dealkylation sites (tertiary alicyclic amines) is 2. The zero-order chi connectivity index (χ0) is 33.2. The third-order valence-corrected chi connectivity index (χ3v) is 10.9. The summed E-state index contributed by atoms with van der Waals surface area (Å²) in [6, 6.07) is 12.4. The minimum atomic E-state index is -0.922. The highest BCUT2D eigenvalue weighted by atomic mass is 16.6. The van der Waals surface area contributed by atoms with Crippen LogP contribution in [-0.2, 0) is 22.4 Å². The summed E-state index contributed by atoms with van der Waals surface area (Å²) in [7, 11) is 2.17. The number of ether oxygens (including phenoxy) is 1. The van der Waals surface area contributed by atoms with Crippen LogP contribution in [0.3, 0.4) is 0 Å². The van der Waals surface area contributed by atoms with Crippen molar-refractivity contribution in [3.63, 3.8) is 0 Å². The number of piperidine rings is 2. The van der Waals surface area contributed by atoms with Gasteiger partial charge in [-0.25, -0.2) is 9.59 Å². The Morgan fingerprint density at radius 1 is 0.917 bits per heavy atom. The number of fused-ring (bicyclic) bond motifs is 2. The average molecular weight is 657 g/mol. The van der Waals surface area contributed by atoms with E-state index in [-0.39, 0.29) is 18.0 Å². The molecule has 2 N–H and O–H groups in total. The SMILES string of the molecule is Cc1cc(C[C@@H](OC(=O)N2CCC(N3CCc4ccccc4NC3=O)CC2)C(=O)N2CCC(N3CCN(C)CC3)CC2)cc2cn[nH]c12. The Hall–Kier alpha value is -4.16. The summed E-state index contributed by atoms with van der Waals surface area (Å²) < 4.78 is 6.12. The van der Waals surface area contributed by atoms with Crippen molar-refractivity contribution in [2.75, 3.05) is 71.3 Å². The Morgan fingerprint density at radius 2 is 1.62 bits per heavy atom. The molecule has 1 aromatic heterocycles. The Labute approximate surface area is 282 Å². The number of para-hydroxylation sites is 1. The third-order valence-electron chi connectivity index (χ3n) is 10.9. The molecular weight excluding hydrogens is 608 g/mol. The van der Waals surface area contributed by atoms with E-state index in [1.165, 1.54) is 0 Å². The molecule has 48 heavy (non-hydrogen) atoms. The summed E-state index contributed by atoms with van der Waals surface area (Å²) in [6.45, 7) is 9.21. The highest BCUT2D eigenvalue weighted by Crippen LogP contribution is 2.26. The number of aryl methyl sites for hydroxylation is 1. The predicted octanol–water partition coefficient (Wildman–Crippen LogP) is 3.71. The molecule has 0 radical (unpaired) electrons. The van der Waals surface area contributed by atoms with Crippen LogP contribution >= 0.6 is 0 Å². The van der Waals surface area contributed by atoms with Gasteiger partial charge in [-0.3, -0.25) is 14.8 Å². The number of hydrogen-bond donors (Lipinski definition) is 2. The maximum absolute atomic E-state index is 14.1. The second-order valence-corrected chi connectivity index (χ2v) is 14.0. The number of urea groups is 1. The monoisotopic (exact) mass is 656 g/mol. The van der Waals surface area contributed by atoms with E-state index in [1.54, 1.807) is 11.1 Å². The number of benzene rings is 2. The molecule has 0 saturated carbocycles. The van der Waals surface area contributed by atoms with E-state index in [9.17, 15) is 14.4 Å². The lowest BCUT2D eigenvalue weighted by Crippen LogP contribution is -2.54. The van der Waals surface area contributed by atoms with Gasteiger partial charge in [-0.1, -0.05) is 24.3 Å². The largest absolute Gasteiger partial charge is 0.436 e. The summed E-state index contributed by atoms with van der Waals surface area (Å²) >= 11 is 0. The van der Waals surface area contributed by atoms with Gasteiger partial charge in [0.25, 0.3) is 5.91 Å². The number of carbonyl (C=O) groups excluding carboxylic acids is 3. The number of likely N-dealkylation sites (N-methyl/N-ethyl adjacent to an activating group) is 1. The van der Waals surface area contributed by atoms with Crippen LogP contribution in [0.5, 0.6) is 0 Å². The van der Waals surface area contributed by atoms with E-state index >= 15 is 0 Å². The molecular formula is C36H48N8O4. The lowest BCUT2D eigenvalue weighted by atomic mass is 9.99. The molecule has 5 heterocycles. The zero-order valence-electron chi connectivity index (χ0n) is 28.2. The lowest BCUT2D eigenvalue weighted by molar-refractivity contribution is -0.142. The standard InChI is InChI=1S/C36H48N8O4/c1-25-21-26(22-28-24-37-39-33(25)28)23-32(34(45)42-12-8-29(9-13-42)41-19-17-40(2)18-20-41)48-36(47)43-14-10-30(11-15-43)44-16-7-27-5-3-4-6-31(27)38-35(44)46/h3-6,21-22,24,29-30,32H,7-20,23H2,1-2H3,(H,37,39)(H,38,46)/t32-/m1/s1. The summed E-state index contributed by atoms with van der Waals surface area (Å²) in [5.74, 6) is -0.124. The van der Waals surface area contributed by atoms with Crippen LogP contribution in [0, 0.1) is 6.92 Å². The fourth-order valence-electron chi connectivity index (χ4n) is 7.96. The summed E-state index contributed by atoms with van der Waals surface area (Å²) in [6.07, 6.45) is 4.67. The van der Waals surface area contributed by atoms with Crippen LogP contribution in [0.1, 0.15) is 42.4 Å². The number of piperazine rings is 1. The van der Waals surface area contributed by atoms with E-state index in [1.807, 2.05) is 47.1 Å². The van der Waals surface area contributed by atoms with E-state index in [2.05, 4.69) is 38.4 Å². The smallest absolute Gasteiger partial charge is 0.410 e. The summed E-state index contributed by atoms with van der Waals surface area (Å²) in [5.41, 5.74) is 4.94. The van der Waals surface area contributed by atoms with Gasteiger partial charge in [0.2, 0.25) is 0 Å². The van der Waals surface area contributed by atoms with Gasteiger partial charge >= 0.3 is 12.1 Å². The number of H-pyrrole nitrogens is 1. The first kappa shape index (κ1) is 32.4. The second kappa shape index (κ2) is 14.1. The Kier molecular flexibility index (Phi) is 9.54. The first-order valence-electron chi connectivity index (χ1n) is 17.6. The Balaban J connectivity index is 0.996. The molecule has 7 rings (SSSR count). The molecule has 4 aliphatic heterocycles. The second-order valence-electron chi connectivity index (χ2n) is 14.0. The average Bonchev–Trinajstić information content (AvgIpc) is 3.52. The van der Waals surface area contributed by atoms with Crippen molar-refractivity contribution in [3.8, 4) is 0 Å². The highest BCUT2D eigenvalue weighted by Gasteiger charge is 2.36. The molecule has 4 amide bonds. The fourth-order valence-corrected chi connectivity index (χ4v) is 7.96. The minimum absolute atomic E-state index is 0.0343. The van der Waals surface area contributed by atoms with Crippen molar-refractivity contribution in [1.82, 2.24) is 34.7 Å². The van der Waals surface area contributed by atoms with Gasteiger partial charge in [0.15, 0.2) is 6.10 Å². The number of aromatic amines is 1. The summed E-state index contributed by atoms with van der Waals surface area (Å²) in [5, 5.41) is 11.3. The van der Waals surface area contributed by atoms with Crippen LogP contribution in [0.15, 0.2) is 42.6 Å². The Bertz CT molecular complexity index is 1620. The van der Waals surface area contributed by atoms with Gasteiger partial charge in [-0.15, -0.1) is 0 Å². The molecule has 1 atom stereocenters. The molecule has 3 fully saturated rings. The van der Waals surface area contributed by atoms with Crippen molar-refractivity contribution in [2.45, 2.75) is 63.6 Å². The number of hydrogen-bond acceptors (Lipinski definition) is 7. The molecule has 12 heteroatoms. The van der Waals surface area contributed by atoms with Crippen LogP contribution in [0.25, 0.3) is 10.9 Å². The maximum Gasteiger partial charge on any atom is 0.410 e. The van der Waals surface area contributed by atoms with Gasteiger partial charge < -0.3 is 29.7 Å². The molecule has 4 aliphatic rings. The molecule has 0 spiro atoms. The lowest BCUT2D eigenvalue weighted by Gasteiger charge is -2.42. The molecule has 256 valence electrons. The van der Waals surface area contributed by atoms with E-state index < -0.39 is 12.2 Å². The third kappa shape index (κ3) is 7.00. The van der Waals surface area contributed by atoms with Crippen LogP contribution in [0.2, 0.25) is 0 Å². The number of carbonyl (C=O) groups is 3. The number of rotatable bonds is 6. The minimum Gasteiger partial charge on any atom is -0.436 e. The molecule has 2 aromatic carbocycles. The van der Waals surface area contributed by atoms with Crippen LogP contribution in [-0.4, -0.2) is 137 Å². The first-order valence-corrected chi connectivity index (χ1v) is 17.6. The molecule has 3 saturated heterocycles. The first-order chi connectivity index (χ1) is 23.3. The topological polar surface area (TPSA) is 117 Å².